The first-order chi connectivity index (χ1) is 13.0. The number of aryl methyl sites for hydroxylation is 1. The molecule has 0 aliphatic carbocycles. The molecule has 6 heteroatoms. The molecule has 0 saturated carbocycles. The molecule has 0 heterocycles. The van der Waals surface area contributed by atoms with Crippen LogP contribution >= 0.6 is 0 Å². The summed E-state index contributed by atoms with van der Waals surface area (Å²) in [7, 11) is 3.03. The predicted molar refractivity (Wildman–Crippen MR) is 104 cm³/mol. The highest BCUT2D eigenvalue weighted by atomic mass is 16.5. The Morgan fingerprint density at radius 2 is 1.63 bits per heavy atom. The summed E-state index contributed by atoms with van der Waals surface area (Å²) in [5.74, 6) is 0.440. The van der Waals surface area contributed by atoms with Gasteiger partial charge in [0.2, 0.25) is 5.91 Å². The van der Waals surface area contributed by atoms with Crippen molar-refractivity contribution in [1.29, 1.82) is 0 Å². The molecule has 2 rings (SSSR count). The molecule has 0 spiro atoms. The molecule has 2 amide bonds. The van der Waals surface area contributed by atoms with Gasteiger partial charge in [-0.15, -0.1) is 0 Å². The van der Waals surface area contributed by atoms with Crippen molar-refractivity contribution in [2.24, 2.45) is 0 Å². The van der Waals surface area contributed by atoms with E-state index in [1.807, 2.05) is 25.1 Å². The smallest absolute Gasteiger partial charge is 0.251 e. The summed E-state index contributed by atoms with van der Waals surface area (Å²) in [6.07, 6.45) is 1.72. The summed E-state index contributed by atoms with van der Waals surface area (Å²) in [6, 6.07) is 15.0. The van der Waals surface area contributed by atoms with Crippen LogP contribution in [0.2, 0.25) is 0 Å². The third-order valence-electron chi connectivity index (χ3n) is 4.14. The van der Waals surface area contributed by atoms with E-state index < -0.39 is 0 Å². The maximum Gasteiger partial charge on any atom is 0.251 e. The summed E-state index contributed by atoms with van der Waals surface area (Å²) >= 11 is 0. The van der Waals surface area contributed by atoms with E-state index in [9.17, 15) is 9.59 Å². The molecule has 0 aliphatic rings. The van der Waals surface area contributed by atoms with Crippen LogP contribution in [0.4, 0.5) is 0 Å². The zero-order chi connectivity index (χ0) is 19.6. The third-order valence-corrected chi connectivity index (χ3v) is 4.14. The fourth-order valence-corrected chi connectivity index (χ4v) is 2.63. The first kappa shape index (κ1) is 20.3. The van der Waals surface area contributed by atoms with Gasteiger partial charge in [-0.2, -0.15) is 0 Å². The highest BCUT2D eigenvalue weighted by Crippen LogP contribution is 2.22. The van der Waals surface area contributed by atoms with Crippen LogP contribution in [0.15, 0.2) is 48.5 Å². The van der Waals surface area contributed by atoms with Gasteiger partial charge in [0.25, 0.3) is 5.91 Å². The van der Waals surface area contributed by atoms with Gasteiger partial charge in [0, 0.05) is 17.7 Å². The molecular formula is C21H26N2O4. The van der Waals surface area contributed by atoms with Gasteiger partial charge in [0.05, 0.1) is 20.8 Å². The van der Waals surface area contributed by atoms with E-state index in [0.717, 1.165) is 12.8 Å². The van der Waals surface area contributed by atoms with Crippen LogP contribution < -0.4 is 20.1 Å². The van der Waals surface area contributed by atoms with Crippen molar-refractivity contribution in [2.75, 3.05) is 20.8 Å². The van der Waals surface area contributed by atoms with E-state index in [0.29, 0.717) is 17.1 Å². The lowest BCUT2D eigenvalue weighted by atomic mass is 10.1. The van der Waals surface area contributed by atoms with Gasteiger partial charge in [-0.3, -0.25) is 9.59 Å². The second kappa shape index (κ2) is 10.2. The molecule has 0 fully saturated rings. The minimum atomic E-state index is -0.362. The predicted octanol–water partition coefficient (Wildman–Crippen LogP) is 2.57. The number of carbonyl (C=O) groups is 2. The van der Waals surface area contributed by atoms with Crippen molar-refractivity contribution in [3.8, 4) is 11.5 Å². The van der Waals surface area contributed by atoms with Crippen molar-refractivity contribution in [3.63, 3.8) is 0 Å². The van der Waals surface area contributed by atoms with Crippen LogP contribution in [0.25, 0.3) is 0 Å². The summed E-state index contributed by atoms with van der Waals surface area (Å²) in [6.45, 7) is 1.86. The average Bonchev–Trinajstić information content (AvgIpc) is 2.70. The van der Waals surface area contributed by atoms with E-state index in [1.54, 1.807) is 18.2 Å². The van der Waals surface area contributed by atoms with Gasteiger partial charge in [-0.05, 0) is 37.5 Å². The Morgan fingerprint density at radius 1 is 1.00 bits per heavy atom. The van der Waals surface area contributed by atoms with Crippen LogP contribution in [0.5, 0.6) is 11.5 Å². The van der Waals surface area contributed by atoms with E-state index in [-0.39, 0.29) is 24.4 Å². The summed E-state index contributed by atoms with van der Waals surface area (Å²) in [4.78, 5) is 24.4. The minimum absolute atomic E-state index is 0.0199. The first-order valence-corrected chi connectivity index (χ1v) is 8.86. The third kappa shape index (κ3) is 6.66. The van der Waals surface area contributed by atoms with Crippen molar-refractivity contribution < 1.29 is 19.1 Å². The zero-order valence-corrected chi connectivity index (χ0v) is 16.0. The van der Waals surface area contributed by atoms with Gasteiger partial charge >= 0.3 is 0 Å². The SMILES string of the molecule is COc1cc(OC)cc(C(=O)NCC(=O)N[C@@H](C)CCc2ccccc2)c1. The molecule has 0 radical (unpaired) electrons. The number of rotatable bonds is 9. The number of hydrogen-bond acceptors (Lipinski definition) is 4. The average molecular weight is 370 g/mol. The Morgan fingerprint density at radius 3 is 2.22 bits per heavy atom. The lowest BCUT2D eigenvalue weighted by molar-refractivity contribution is -0.120. The summed E-state index contributed by atoms with van der Waals surface area (Å²) < 4.78 is 10.3. The van der Waals surface area contributed by atoms with Crippen molar-refractivity contribution in [1.82, 2.24) is 10.6 Å². The molecule has 2 N–H and O–H groups in total. The highest BCUT2D eigenvalue weighted by Gasteiger charge is 2.12. The standard InChI is InChI=1S/C21H26N2O4/c1-15(9-10-16-7-5-4-6-8-16)23-20(24)14-22-21(25)17-11-18(26-2)13-19(12-17)27-3/h4-8,11-13,15H,9-10,14H2,1-3H3,(H,22,25)(H,23,24)/t15-/m0/s1. The Kier molecular flexibility index (Phi) is 7.67. The number of benzene rings is 2. The van der Waals surface area contributed by atoms with E-state index in [2.05, 4.69) is 22.8 Å². The number of amides is 2. The molecule has 0 aliphatic heterocycles. The minimum Gasteiger partial charge on any atom is -0.497 e. The Hall–Kier alpha value is -3.02. The topological polar surface area (TPSA) is 76.7 Å². The highest BCUT2D eigenvalue weighted by molar-refractivity contribution is 5.97. The molecule has 144 valence electrons. The van der Waals surface area contributed by atoms with Gasteiger partial charge in [-0.25, -0.2) is 0 Å². The monoisotopic (exact) mass is 370 g/mol. The molecule has 0 bridgehead atoms. The molecule has 2 aromatic rings. The number of ether oxygens (including phenoxy) is 2. The lowest BCUT2D eigenvalue weighted by Gasteiger charge is -2.14. The first-order valence-electron chi connectivity index (χ1n) is 8.86. The van der Waals surface area contributed by atoms with Gasteiger partial charge in [-0.1, -0.05) is 30.3 Å². The zero-order valence-electron chi connectivity index (χ0n) is 16.0. The molecular weight excluding hydrogens is 344 g/mol. The molecule has 0 unspecified atom stereocenters. The van der Waals surface area contributed by atoms with Crippen molar-refractivity contribution >= 4 is 11.8 Å². The largest absolute Gasteiger partial charge is 0.497 e. The Labute approximate surface area is 159 Å². The van der Waals surface area contributed by atoms with E-state index in [4.69, 9.17) is 9.47 Å². The fraction of sp³-hybridized carbons (Fsp3) is 0.333. The Balaban J connectivity index is 1.80. The second-order valence-corrected chi connectivity index (χ2v) is 6.28. The van der Waals surface area contributed by atoms with Gasteiger partial charge < -0.3 is 20.1 Å². The van der Waals surface area contributed by atoms with E-state index >= 15 is 0 Å². The fourth-order valence-electron chi connectivity index (χ4n) is 2.63. The molecule has 2 aromatic carbocycles. The van der Waals surface area contributed by atoms with Crippen LogP contribution in [-0.2, 0) is 11.2 Å². The van der Waals surface area contributed by atoms with Crippen LogP contribution in [-0.4, -0.2) is 38.6 Å². The Bertz CT molecular complexity index is 740. The van der Waals surface area contributed by atoms with Crippen LogP contribution in [0.1, 0.15) is 29.3 Å². The summed E-state index contributed by atoms with van der Waals surface area (Å²) in [5, 5.41) is 5.52. The lowest BCUT2D eigenvalue weighted by Crippen LogP contribution is -2.41. The van der Waals surface area contributed by atoms with Crippen LogP contribution in [0.3, 0.4) is 0 Å². The maximum absolute atomic E-state index is 12.3. The number of carbonyl (C=O) groups excluding carboxylic acids is 2. The molecule has 0 saturated heterocycles. The quantitative estimate of drug-likeness (QED) is 0.711. The number of nitrogens with one attached hydrogen (secondary N) is 2. The second-order valence-electron chi connectivity index (χ2n) is 6.28. The normalized spacial score (nSPS) is 11.4. The molecule has 0 aromatic heterocycles. The summed E-state index contributed by atoms with van der Waals surface area (Å²) in [5.41, 5.74) is 1.61. The van der Waals surface area contributed by atoms with Gasteiger partial charge in [0.15, 0.2) is 0 Å². The van der Waals surface area contributed by atoms with E-state index in [1.165, 1.54) is 19.8 Å². The molecule has 27 heavy (non-hydrogen) atoms. The molecule has 1 atom stereocenters. The van der Waals surface area contributed by atoms with Crippen molar-refractivity contribution in [2.45, 2.75) is 25.8 Å². The molecule has 6 nitrogen and oxygen atoms in total. The number of hydrogen-bond donors (Lipinski definition) is 2. The van der Waals surface area contributed by atoms with Crippen molar-refractivity contribution in [3.05, 3.63) is 59.7 Å². The van der Waals surface area contributed by atoms with Crippen LogP contribution in [0, 0.1) is 0 Å². The van der Waals surface area contributed by atoms with Gasteiger partial charge in [0.1, 0.15) is 11.5 Å². The maximum atomic E-state index is 12.3. The number of methoxy groups -OCH3 is 2.